The normalized spacial score (nSPS) is 19.2. The minimum absolute atomic E-state index is 0.318. The Morgan fingerprint density at radius 3 is 2.53 bits per heavy atom. The summed E-state index contributed by atoms with van der Waals surface area (Å²) >= 11 is 0. The third-order valence-electron chi connectivity index (χ3n) is 6.39. The predicted octanol–water partition coefficient (Wildman–Crippen LogP) is 4.42. The largest absolute Gasteiger partial charge is 0.356 e. The Morgan fingerprint density at radius 2 is 1.75 bits per heavy atom. The zero-order valence-corrected chi connectivity index (χ0v) is 17.8. The molecule has 6 nitrogen and oxygen atoms in total. The summed E-state index contributed by atoms with van der Waals surface area (Å²) < 4.78 is 44.0. The quantitative estimate of drug-likeness (QED) is 0.563. The number of amides is 1. The van der Waals surface area contributed by atoms with Gasteiger partial charge < -0.3 is 9.80 Å². The van der Waals surface area contributed by atoms with E-state index in [0.29, 0.717) is 36.8 Å². The smallest absolute Gasteiger partial charge is 0.260 e. The number of aromatic nitrogens is 3. The zero-order chi connectivity index (χ0) is 22.4. The predicted molar refractivity (Wildman–Crippen MR) is 113 cm³/mol. The molecule has 2 fully saturated rings. The van der Waals surface area contributed by atoms with E-state index in [1.807, 2.05) is 19.2 Å². The van der Waals surface area contributed by atoms with Gasteiger partial charge in [-0.05, 0) is 51.2 Å². The molecule has 4 heterocycles. The Labute approximate surface area is 183 Å². The van der Waals surface area contributed by atoms with Crippen LogP contribution in [0.25, 0.3) is 5.65 Å². The number of aryl methyl sites for hydroxylation is 1. The molecule has 0 bridgehead atoms. The number of nitrogens with zero attached hydrogens (tertiary/aromatic N) is 5. The second kappa shape index (κ2) is 8.11. The van der Waals surface area contributed by atoms with Crippen molar-refractivity contribution < 1.29 is 18.0 Å². The van der Waals surface area contributed by atoms with Crippen molar-refractivity contribution >= 4 is 17.4 Å². The summed E-state index contributed by atoms with van der Waals surface area (Å²) in [6.07, 6.45) is 6.35. The Bertz CT molecular complexity index is 1190. The summed E-state index contributed by atoms with van der Waals surface area (Å²) in [5.41, 5.74) is 1.43. The van der Waals surface area contributed by atoms with Crippen molar-refractivity contribution in [1.29, 1.82) is 0 Å². The minimum Gasteiger partial charge on any atom is -0.356 e. The highest BCUT2D eigenvalue weighted by molar-refractivity contribution is 5.95. The number of piperidine rings is 1. The highest BCUT2D eigenvalue weighted by atomic mass is 19.2. The van der Waals surface area contributed by atoms with E-state index >= 15 is 0 Å². The fourth-order valence-corrected chi connectivity index (χ4v) is 4.78. The first kappa shape index (κ1) is 20.8. The van der Waals surface area contributed by atoms with Crippen molar-refractivity contribution in [3.63, 3.8) is 0 Å². The molecule has 2 saturated heterocycles. The van der Waals surface area contributed by atoms with E-state index in [9.17, 15) is 18.0 Å². The summed E-state index contributed by atoms with van der Waals surface area (Å²) in [7, 11) is 0. The maximum Gasteiger partial charge on any atom is 0.260 e. The van der Waals surface area contributed by atoms with E-state index in [2.05, 4.69) is 10.00 Å². The fourth-order valence-electron chi connectivity index (χ4n) is 4.78. The van der Waals surface area contributed by atoms with Crippen LogP contribution in [0, 0.1) is 24.4 Å². The Balaban J connectivity index is 1.51. The molecule has 0 N–H and O–H groups in total. The Kier molecular flexibility index (Phi) is 5.27. The molecule has 32 heavy (non-hydrogen) atoms. The Morgan fingerprint density at radius 1 is 1.03 bits per heavy atom. The number of halogens is 3. The van der Waals surface area contributed by atoms with E-state index in [4.69, 9.17) is 4.98 Å². The number of fused-ring (bicyclic) bond motifs is 1. The van der Waals surface area contributed by atoms with Gasteiger partial charge in [0.2, 0.25) is 0 Å². The van der Waals surface area contributed by atoms with E-state index in [1.54, 1.807) is 4.52 Å². The molecule has 1 amide bonds. The van der Waals surface area contributed by atoms with Crippen molar-refractivity contribution in [2.24, 2.45) is 0 Å². The molecular weight excluding hydrogens is 419 g/mol. The molecule has 1 unspecified atom stereocenters. The van der Waals surface area contributed by atoms with E-state index in [0.717, 1.165) is 49.8 Å². The lowest BCUT2D eigenvalue weighted by atomic mass is 9.98. The third-order valence-corrected chi connectivity index (χ3v) is 6.39. The molecule has 0 saturated carbocycles. The molecule has 0 spiro atoms. The van der Waals surface area contributed by atoms with Gasteiger partial charge in [-0.2, -0.15) is 5.10 Å². The van der Waals surface area contributed by atoms with Crippen LogP contribution < -0.4 is 4.90 Å². The van der Waals surface area contributed by atoms with Crippen LogP contribution in [0.1, 0.15) is 59.8 Å². The lowest BCUT2D eigenvalue weighted by Gasteiger charge is -2.34. The maximum absolute atomic E-state index is 14.3. The van der Waals surface area contributed by atoms with Crippen molar-refractivity contribution in [2.45, 2.75) is 45.1 Å². The lowest BCUT2D eigenvalue weighted by Crippen LogP contribution is -2.39. The average molecular weight is 443 g/mol. The number of carbonyl (C=O) groups is 1. The van der Waals surface area contributed by atoms with Gasteiger partial charge in [-0.15, -0.1) is 0 Å². The topological polar surface area (TPSA) is 53.7 Å². The third kappa shape index (κ3) is 3.49. The van der Waals surface area contributed by atoms with Gasteiger partial charge >= 0.3 is 0 Å². The van der Waals surface area contributed by atoms with Gasteiger partial charge in [-0.3, -0.25) is 4.79 Å². The van der Waals surface area contributed by atoms with E-state index < -0.39 is 35.0 Å². The lowest BCUT2D eigenvalue weighted by molar-refractivity contribution is 0.0594. The molecule has 1 aromatic carbocycles. The summed E-state index contributed by atoms with van der Waals surface area (Å²) in [6, 6.07) is 2.83. The molecule has 5 rings (SSSR count). The summed E-state index contributed by atoms with van der Waals surface area (Å²) in [4.78, 5) is 21.6. The first-order valence-electron chi connectivity index (χ1n) is 11.0. The van der Waals surface area contributed by atoms with Crippen molar-refractivity contribution in [1.82, 2.24) is 19.5 Å². The molecular formula is C23H24F3N5O. The standard InChI is InChI=1S/C23H24F3N5O/c1-14-13-31-19(27-22(14)29-9-4-5-10-29)12-17(28-31)18-6-2-3-11-30(18)23(32)20-15(24)7-8-16(25)21(20)26/h7-8,12-13,18H,2-6,9-11H2,1H3. The molecule has 2 aromatic heterocycles. The molecule has 2 aliphatic heterocycles. The molecule has 0 aliphatic carbocycles. The van der Waals surface area contributed by atoms with Crippen molar-refractivity contribution in [3.05, 3.63) is 58.7 Å². The van der Waals surface area contributed by atoms with Gasteiger partial charge in [0.1, 0.15) is 17.2 Å². The fraction of sp³-hybridized carbons (Fsp3) is 0.435. The van der Waals surface area contributed by atoms with Crippen LogP contribution in [0.5, 0.6) is 0 Å². The highest BCUT2D eigenvalue weighted by Gasteiger charge is 2.34. The van der Waals surface area contributed by atoms with Crippen LogP contribution in [0.2, 0.25) is 0 Å². The highest BCUT2D eigenvalue weighted by Crippen LogP contribution is 2.33. The molecule has 2 aliphatic rings. The van der Waals surface area contributed by atoms with E-state index in [-0.39, 0.29) is 0 Å². The van der Waals surface area contributed by atoms with Crippen LogP contribution in [-0.4, -0.2) is 45.0 Å². The van der Waals surface area contributed by atoms with Gasteiger partial charge in [0.15, 0.2) is 17.3 Å². The number of likely N-dealkylation sites (tertiary alicyclic amines) is 1. The van der Waals surface area contributed by atoms with Crippen LogP contribution in [0.4, 0.5) is 19.0 Å². The molecule has 0 radical (unpaired) electrons. The number of hydrogen-bond donors (Lipinski definition) is 0. The van der Waals surface area contributed by atoms with Gasteiger partial charge in [0, 0.05) is 37.5 Å². The Hall–Kier alpha value is -3.10. The number of anilines is 1. The number of rotatable bonds is 3. The molecule has 168 valence electrons. The summed E-state index contributed by atoms with van der Waals surface area (Å²) in [6.45, 7) is 4.26. The van der Waals surface area contributed by atoms with Crippen LogP contribution in [-0.2, 0) is 0 Å². The van der Waals surface area contributed by atoms with Crippen molar-refractivity contribution in [2.75, 3.05) is 24.5 Å². The van der Waals surface area contributed by atoms with Crippen LogP contribution in [0.3, 0.4) is 0 Å². The maximum atomic E-state index is 14.3. The first-order chi connectivity index (χ1) is 15.4. The van der Waals surface area contributed by atoms with Crippen molar-refractivity contribution in [3.8, 4) is 0 Å². The number of carbonyl (C=O) groups excluding carboxylic acids is 1. The average Bonchev–Trinajstić information content (AvgIpc) is 3.45. The molecule has 9 heteroatoms. The second-order valence-electron chi connectivity index (χ2n) is 8.54. The number of hydrogen-bond acceptors (Lipinski definition) is 4. The van der Waals surface area contributed by atoms with Crippen LogP contribution >= 0.6 is 0 Å². The zero-order valence-electron chi connectivity index (χ0n) is 17.8. The molecule has 1 atom stereocenters. The van der Waals surface area contributed by atoms with Gasteiger partial charge in [-0.25, -0.2) is 22.7 Å². The van der Waals surface area contributed by atoms with E-state index in [1.165, 1.54) is 4.90 Å². The van der Waals surface area contributed by atoms with Gasteiger partial charge in [-0.1, -0.05) is 0 Å². The SMILES string of the molecule is Cc1cn2nc(C3CCCCN3C(=O)c3c(F)ccc(F)c3F)cc2nc1N1CCCC1. The van der Waals surface area contributed by atoms with Gasteiger partial charge in [0.05, 0.1) is 11.7 Å². The second-order valence-corrected chi connectivity index (χ2v) is 8.54. The number of benzene rings is 1. The van der Waals surface area contributed by atoms with Crippen LogP contribution in [0.15, 0.2) is 24.4 Å². The summed E-state index contributed by atoms with van der Waals surface area (Å²) in [5, 5.41) is 4.63. The first-order valence-corrected chi connectivity index (χ1v) is 11.0. The van der Waals surface area contributed by atoms with Gasteiger partial charge in [0.25, 0.3) is 5.91 Å². The summed E-state index contributed by atoms with van der Waals surface area (Å²) in [5.74, 6) is -3.70. The monoisotopic (exact) mass is 443 g/mol. The molecule has 3 aromatic rings. The minimum atomic E-state index is -1.46.